The Hall–Kier alpha value is -0.330. The molecule has 0 aliphatic heterocycles. The lowest BCUT2D eigenvalue weighted by Gasteiger charge is -2.37. The van der Waals surface area contributed by atoms with E-state index in [-0.39, 0.29) is 0 Å². The lowest BCUT2D eigenvalue weighted by Crippen LogP contribution is -2.31. The number of ketones is 1. The third kappa shape index (κ3) is 6.52. The second-order valence-electron chi connectivity index (χ2n) is 8.83. The molecular formula is C23H42O. The SMILES string of the molecule is CCCCCCC[C@H]1CC[C@H](C2CCC(CCCC)C(=O)C2)CC1. The minimum absolute atomic E-state index is 0.417. The zero-order chi connectivity index (χ0) is 17.2. The Labute approximate surface area is 151 Å². The smallest absolute Gasteiger partial charge is 0.136 e. The minimum Gasteiger partial charge on any atom is -0.299 e. The van der Waals surface area contributed by atoms with Crippen LogP contribution in [0.2, 0.25) is 0 Å². The van der Waals surface area contributed by atoms with Crippen LogP contribution in [0.4, 0.5) is 0 Å². The first-order valence-electron chi connectivity index (χ1n) is 11.3. The molecule has 2 rings (SSSR count). The molecule has 0 spiro atoms. The van der Waals surface area contributed by atoms with Crippen molar-refractivity contribution in [3.8, 4) is 0 Å². The molecule has 0 saturated heterocycles. The van der Waals surface area contributed by atoms with Gasteiger partial charge in [-0.1, -0.05) is 78.1 Å². The van der Waals surface area contributed by atoms with E-state index in [4.69, 9.17) is 0 Å². The van der Waals surface area contributed by atoms with E-state index in [0.29, 0.717) is 11.7 Å². The van der Waals surface area contributed by atoms with Gasteiger partial charge >= 0.3 is 0 Å². The van der Waals surface area contributed by atoms with Gasteiger partial charge in [0.1, 0.15) is 5.78 Å². The molecule has 24 heavy (non-hydrogen) atoms. The molecule has 0 amide bonds. The van der Waals surface area contributed by atoms with Gasteiger partial charge in [0.2, 0.25) is 0 Å². The van der Waals surface area contributed by atoms with Gasteiger partial charge in [-0.2, -0.15) is 0 Å². The maximum atomic E-state index is 12.4. The van der Waals surface area contributed by atoms with Crippen molar-refractivity contribution < 1.29 is 4.79 Å². The largest absolute Gasteiger partial charge is 0.299 e. The maximum absolute atomic E-state index is 12.4. The van der Waals surface area contributed by atoms with Crippen molar-refractivity contribution in [1.82, 2.24) is 0 Å². The van der Waals surface area contributed by atoms with Crippen LogP contribution >= 0.6 is 0 Å². The molecule has 0 bridgehead atoms. The van der Waals surface area contributed by atoms with Crippen LogP contribution in [0.3, 0.4) is 0 Å². The molecule has 2 aliphatic carbocycles. The quantitative estimate of drug-likeness (QED) is 0.382. The van der Waals surface area contributed by atoms with E-state index in [9.17, 15) is 4.79 Å². The van der Waals surface area contributed by atoms with E-state index in [1.165, 1.54) is 89.9 Å². The summed E-state index contributed by atoms with van der Waals surface area (Å²) in [6, 6.07) is 0. The number of carbonyl (C=O) groups is 1. The van der Waals surface area contributed by atoms with E-state index < -0.39 is 0 Å². The zero-order valence-electron chi connectivity index (χ0n) is 16.5. The highest BCUT2D eigenvalue weighted by molar-refractivity contribution is 5.81. The summed E-state index contributed by atoms with van der Waals surface area (Å²) in [6.07, 6.45) is 21.4. The summed E-state index contributed by atoms with van der Waals surface area (Å²) in [6.45, 7) is 4.53. The molecule has 140 valence electrons. The lowest BCUT2D eigenvalue weighted by atomic mass is 9.68. The van der Waals surface area contributed by atoms with Gasteiger partial charge in [0, 0.05) is 12.3 Å². The van der Waals surface area contributed by atoms with Gasteiger partial charge in [-0.15, -0.1) is 0 Å². The second kappa shape index (κ2) is 11.3. The fourth-order valence-corrected chi connectivity index (χ4v) is 5.25. The average molecular weight is 335 g/mol. The number of hydrogen-bond donors (Lipinski definition) is 0. The molecule has 1 nitrogen and oxygen atoms in total. The van der Waals surface area contributed by atoms with Crippen LogP contribution in [-0.2, 0) is 4.79 Å². The van der Waals surface area contributed by atoms with Crippen molar-refractivity contribution >= 4 is 5.78 Å². The Balaban J connectivity index is 1.61. The van der Waals surface area contributed by atoms with Crippen molar-refractivity contribution in [3.05, 3.63) is 0 Å². The fraction of sp³-hybridized carbons (Fsp3) is 0.957. The van der Waals surface area contributed by atoms with Crippen LogP contribution < -0.4 is 0 Å². The molecular weight excluding hydrogens is 292 g/mol. The highest BCUT2D eigenvalue weighted by Crippen LogP contribution is 2.42. The molecule has 1 heteroatoms. The fourth-order valence-electron chi connectivity index (χ4n) is 5.25. The van der Waals surface area contributed by atoms with Crippen LogP contribution in [0, 0.1) is 23.7 Å². The zero-order valence-corrected chi connectivity index (χ0v) is 16.5. The van der Waals surface area contributed by atoms with Crippen molar-refractivity contribution in [2.24, 2.45) is 23.7 Å². The predicted octanol–water partition coefficient (Wildman–Crippen LogP) is 7.33. The summed E-state index contributed by atoms with van der Waals surface area (Å²) < 4.78 is 0. The van der Waals surface area contributed by atoms with Gasteiger partial charge in [0.15, 0.2) is 0 Å². The number of rotatable bonds is 10. The van der Waals surface area contributed by atoms with Crippen LogP contribution in [0.15, 0.2) is 0 Å². The molecule has 0 N–H and O–H groups in total. The van der Waals surface area contributed by atoms with Gasteiger partial charge in [0.05, 0.1) is 0 Å². The van der Waals surface area contributed by atoms with Gasteiger partial charge in [-0.05, 0) is 49.9 Å². The molecule has 0 heterocycles. The summed E-state index contributed by atoms with van der Waals surface area (Å²) in [4.78, 5) is 12.4. The Bertz CT molecular complexity index is 340. The van der Waals surface area contributed by atoms with Crippen LogP contribution in [0.1, 0.15) is 117 Å². The molecule has 2 atom stereocenters. The van der Waals surface area contributed by atoms with E-state index in [1.807, 2.05) is 0 Å². The van der Waals surface area contributed by atoms with Crippen molar-refractivity contribution in [3.63, 3.8) is 0 Å². The summed E-state index contributed by atoms with van der Waals surface area (Å²) in [5.74, 6) is 3.64. The standard InChI is InChI=1S/C23H42O/c1-3-5-7-8-9-10-19-12-14-20(15-13-19)22-17-16-21(11-6-4-2)23(24)18-22/h19-22H,3-18H2,1-2H3/t19-,20-,21?,22?. The Kier molecular flexibility index (Phi) is 9.43. The molecule has 2 aliphatic rings. The first-order chi connectivity index (χ1) is 11.7. The summed E-state index contributed by atoms with van der Waals surface area (Å²) in [5.41, 5.74) is 0. The molecule has 0 radical (unpaired) electrons. The van der Waals surface area contributed by atoms with Crippen LogP contribution in [0.5, 0.6) is 0 Å². The molecule has 0 aromatic rings. The predicted molar refractivity (Wildman–Crippen MR) is 104 cm³/mol. The molecule has 2 fully saturated rings. The first kappa shape index (κ1) is 20.0. The highest BCUT2D eigenvalue weighted by atomic mass is 16.1. The van der Waals surface area contributed by atoms with E-state index >= 15 is 0 Å². The third-order valence-corrected chi connectivity index (χ3v) is 6.98. The molecule has 0 aromatic heterocycles. The monoisotopic (exact) mass is 334 g/mol. The Morgan fingerprint density at radius 3 is 2.04 bits per heavy atom. The first-order valence-corrected chi connectivity index (χ1v) is 11.3. The van der Waals surface area contributed by atoms with E-state index in [0.717, 1.165) is 30.6 Å². The molecule has 2 saturated carbocycles. The van der Waals surface area contributed by atoms with Crippen molar-refractivity contribution in [2.45, 2.75) is 117 Å². The number of unbranched alkanes of at least 4 members (excludes halogenated alkanes) is 5. The lowest BCUT2D eigenvalue weighted by molar-refractivity contribution is -0.127. The van der Waals surface area contributed by atoms with Crippen LogP contribution in [0.25, 0.3) is 0 Å². The van der Waals surface area contributed by atoms with E-state index in [1.54, 1.807) is 0 Å². The van der Waals surface area contributed by atoms with Crippen LogP contribution in [-0.4, -0.2) is 5.78 Å². The number of carbonyl (C=O) groups excluding carboxylic acids is 1. The summed E-state index contributed by atoms with van der Waals surface area (Å²) in [7, 11) is 0. The third-order valence-electron chi connectivity index (χ3n) is 6.98. The number of Topliss-reactive ketones (excluding diaryl/α,β-unsaturated/α-hetero) is 1. The highest BCUT2D eigenvalue weighted by Gasteiger charge is 2.34. The minimum atomic E-state index is 0.417. The second-order valence-corrected chi connectivity index (χ2v) is 8.83. The van der Waals surface area contributed by atoms with Gasteiger partial charge in [0.25, 0.3) is 0 Å². The normalized spacial score (nSPS) is 31.3. The van der Waals surface area contributed by atoms with Crippen molar-refractivity contribution in [1.29, 1.82) is 0 Å². The molecule has 0 aromatic carbocycles. The Morgan fingerprint density at radius 1 is 0.708 bits per heavy atom. The van der Waals surface area contributed by atoms with Gasteiger partial charge in [-0.25, -0.2) is 0 Å². The topological polar surface area (TPSA) is 17.1 Å². The van der Waals surface area contributed by atoms with Crippen molar-refractivity contribution in [2.75, 3.05) is 0 Å². The number of hydrogen-bond acceptors (Lipinski definition) is 1. The Morgan fingerprint density at radius 2 is 1.38 bits per heavy atom. The summed E-state index contributed by atoms with van der Waals surface area (Å²) >= 11 is 0. The summed E-state index contributed by atoms with van der Waals surface area (Å²) in [5, 5.41) is 0. The van der Waals surface area contributed by atoms with E-state index in [2.05, 4.69) is 13.8 Å². The molecule has 2 unspecified atom stereocenters. The average Bonchev–Trinajstić information content (AvgIpc) is 2.61. The maximum Gasteiger partial charge on any atom is 0.136 e. The van der Waals surface area contributed by atoms with Gasteiger partial charge in [-0.3, -0.25) is 4.79 Å². The van der Waals surface area contributed by atoms with Gasteiger partial charge < -0.3 is 0 Å².